The Kier molecular flexibility index (Phi) is 9.45. The fourth-order valence-corrected chi connectivity index (χ4v) is 14.7. The quantitative estimate of drug-likeness (QED) is 0.171. The molecule has 8 unspecified atom stereocenters. The van der Waals surface area contributed by atoms with Gasteiger partial charge < -0.3 is 9.80 Å². The lowest BCUT2D eigenvalue weighted by molar-refractivity contribution is 0.221. The number of hydrogen-bond acceptors (Lipinski definition) is 2. The van der Waals surface area contributed by atoms with Crippen molar-refractivity contribution in [3.8, 4) is 11.1 Å². The highest BCUT2D eigenvalue weighted by atomic mass is 15.2. The minimum absolute atomic E-state index is 0.0349. The van der Waals surface area contributed by atoms with Gasteiger partial charge in [0, 0.05) is 45.4 Å². The lowest BCUT2D eigenvalue weighted by Crippen LogP contribution is -2.39. The summed E-state index contributed by atoms with van der Waals surface area (Å²) in [5, 5.41) is 0. The third kappa shape index (κ3) is 5.92. The molecule has 0 bridgehead atoms. The highest BCUT2D eigenvalue weighted by Gasteiger charge is 2.65. The molecule has 1 spiro atoms. The average Bonchev–Trinajstić information content (AvgIpc) is 3.94. The summed E-state index contributed by atoms with van der Waals surface area (Å²) < 4.78 is 0. The van der Waals surface area contributed by atoms with E-state index in [1.165, 1.54) is 74.7 Å². The highest BCUT2D eigenvalue weighted by molar-refractivity contribution is 5.80. The van der Waals surface area contributed by atoms with E-state index in [1.807, 2.05) is 0 Å². The van der Waals surface area contributed by atoms with Crippen LogP contribution in [0.5, 0.6) is 0 Å². The normalized spacial score (nSPS) is 30.1. The molecule has 0 N–H and O–H groups in total. The summed E-state index contributed by atoms with van der Waals surface area (Å²) in [6.07, 6.45) is 47.4. The Hall–Kier alpha value is -6.38. The molecule has 326 valence electrons. The lowest BCUT2D eigenvalue weighted by atomic mass is 9.58. The second-order valence-electron chi connectivity index (χ2n) is 20.8. The number of nitrogens with zero attached hydrogens (tertiary/aromatic N) is 2. The van der Waals surface area contributed by atoms with Crippen LogP contribution in [0.15, 0.2) is 234 Å². The number of hydrogen-bond donors (Lipinski definition) is 0. The summed E-state index contributed by atoms with van der Waals surface area (Å²) in [5.41, 5.74) is 18.5. The number of benzene rings is 4. The fourth-order valence-electron chi connectivity index (χ4n) is 14.7. The first kappa shape index (κ1) is 39.9. The number of fused-ring (bicyclic) bond motifs is 11. The van der Waals surface area contributed by atoms with Crippen molar-refractivity contribution in [3.63, 3.8) is 0 Å². The first-order valence-corrected chi connectivity index (χ1v) is 25.1. The molecule has 9 aliphatic rings. The van der Waals surface area contributed by atoms with Crippen LogP contribution in [0.4, 0.5) is 17.1 Å². The Bertz CT molecular complexity index is 2960. The Morgan fingerprint density at radius 2 is 1.35 bits per heavy atom. The van der Waals surface area contributed by atoms with E-state index >= 15 is 0 Å². The van der Waals surface area contributed by atoms with Crippen molar-refractivity contribution in [2.24, 2.45) is 35.0 Å². The summed E-state index contributed by atoms with van der Waals surface area (Å²) in [4.78, 5) is 5.31. The number of allylic oxidation sites excluding steroid dienone is 17. The first-order chi connectivity index (χ1) is 32.5. The van der Waals surface area contributed by atoms with E-state index in [1.54, 1.807) is 11.1 Å². The molecule has 4 aromatic carbocycles. The molecule has 0 aliphatic heterocycles. The van der Waals surface area contributed by atoms with Crippen molar-refractivity contribution < 1.29 is 0 Å². The Labute approximate surface area is 392 Å². The van der Waals surface area contributed by atoms with Gasteiger partial charge in [-0.05, 0) is 156 Å². The van der Waals surface area contributed by atoms with Crippen LogP contribution < -0.4 is 9.80 Å². The molecule has 9 aliphatic carbocycles. The molecule has 13 rings (SSSR count). The molecule has 1 saturated carbocycles. The Morgan fingerprint density at radius 3 is 2.18 bits per heavy atom. The fraction of sp³-hybridized carbons (Fsp3) is 0.281. The van der Waals surface area contributed by atoms with Gasteiger partial charge in [-0.3, -0.25) is 0 Å². The van der Waals surface area contributed by atoms with Gasteiger partial charge in [0.15, 0.2) is 0 Å². The van der Waals surface area contributed by atoms with E-state index in [9.17, 15) is 0 Å². The van der Waals surface area contributed by atoms with Crippen LogP contribution in [-0.2, 0) is 5.41 Å². The largest absolute Gasteiger partial charge is 0.335 e. The third-order valence-electron chi connectivity index (χ3n) is 17.4. The van der Waals surface area contributed by atoms with Crippen LogP contribution in [0.3, 0.4) is 0 Å². The van der Waals surface area contributed by atoms with Crippen molar-refractivity contribution in [2.45, 2.75) is 76.2 Å². The minimum atomic E-state index is -0.0349. The van der Waals surface area contributed by atoms with Crippen molar-refractivity contribution in [1.82, 2.24) is 0 Å². The molecule has 2 heteroatoms. The molecule has 0 aromatic heterocycles. The van der Waals surface area contributed by atoms with Gasteiger partial charge in [-0.15, -0.1) is 0 Å². The zero-order valence-corrected chi connectivity index (χ0v) is 38.4. The zero-order valence-electron chi connectivity index (χ0n) is 38.4. The first-order valence-electron chi connectivity index (χ1n) is 25.1. The number of anilines is 3. The summed E-state index contributed by atoms with van der Waals surface area (Å²) in [6.45, 7) is 4.94. The van der Waals surface area contributed by atoms with Gasteiger partial charge in [-0.1, -0.05) is 177 Å². The van der Waals surface area contributed by atoms with E-state index in [-0.39, 0.29) is 16.9 Å². The lowest BCUT2D eigenvalue weighted by Gasteiger charge is -2.46. The molecule has 66 heavy (non-hydrogen) atoms. The van der Waals surface area contributed by atoms with Gasteiger partial charge in [0.05, 0.1) is 6.04 Å². The van der Waals surface area contributed by atoms with E-state index in [4.69, 9.17) is 0 Å². The molecule has 1 fully saturated rings. The van der Waals surface area contributed by atoms with Crippen LogP contribution >= 0.6 is 0 Å². The highest BCUT2D eigenvalue weighted by Crippen LogP contribution is 2.72. The maximum atomic E-state index is 2.82. The van der Waals surface area contributed by atoms with Crippen molar-refractivity contribution in [3.05, 3.63) is 245 Å². The van der Waals surface area contributed by atoms with Crippen LogP contribution in [0, 0.1) is 35.0 Å². The minimum Gasteiger partial charge on any atom is -0.335 e. The predicted molar refractivity (Wildman–Crippen MR) is 275 cm³/mol. The standard InChI is InChI=1S/C64H60N2/c1-63(2)55-28-15-12-25-50(55)52-39-37-48(41-59(52)63)65(45-21-8-4-9-22-45)49-38-40-53-51-26-13-16-29-56(51)64(60(53)42-49)57-30-17-14-27-54(57)62-58(64)31-18-32-61(62)66(46-23-10-5-11-24-46)47-35-33-44(34-36-47)43-19-6-3-7-20-43/h3-15,19-21,23-28,32-42,45,50-51,53,55-56,60H,16-18,22,29-31H2,1-2H3. The summed E-state index contributed by atoms with van der Waals surface area (Å²) in [5.74, 6) is 2.83. The van der Waals surface area contributed by atoms with Gasteiger partial charge in [-0.2, -0.15) is 0 Å². The van der Waals surface area contributed by atoms with Gasteiger partial charge in [0.2, 0.25) is 0 Å². The van der Waals surface area contributed by atoms with E-state index < -0.39 is 0 Å². The molecular formula is C64H60N2. The molecule has 2 nitrogen and oxygen atoms in total. The summed E-state index contributed by atoms with van der Waals surface area (Å²) >= 11 is 0. The van der Waals surface area contributed by atoms with E-state index in [0.717, 1.165) is 32.1 Å². The summed E-state index contributed by atoms with van der Waals surface area (Å²) in [7, 11) is 0. The third-order valence-corrected chi connectivity index (χ3v) is 17.4. The van der Waals surface area contributed by atoms with Crippen LogP contribution in [0.1, 0.15) is 75.8 Å². The second-order valence-corrected chi connectivity index (χ2v) is 20.8. The second kappa shape index (κ2) is 15.6. The Balaban J connectivity index is 0.973. The monoisotopic (exact) mass is 856 g/mol. The number of rotatable bonds is 7. The summed E-state index contributed by atoms with van der Waals surface area (Å²) in [6, 6.07) is 39.0. The van der Waals surface area contributed by atoms with Gasteiger partial charge in [-0.25, -0.2) is 0 Å². The van der Waals surface area contributed by atoms with Crippen LogP contribution in [-0.4, -0.2) is 6.04 Å². The SMILES string of the molecule is CC1(C)c2cc(N(C3=CC4C(C=C3)C3C=CCCC3C43C4=C(C=CCC4)C4=C3CCC=C4N(c3ccccc3)c3ccc(-c4ccccc4)cc3)C3C=CC=CC3)ccc2C2C=CC=CC21. The molecule has 0 saturated heterocycles. The molecular weight excluding hydrogens is 797 g/mol. The van der Waals surface area contributed by atoms with Crippen molar-refractivity contribution >= 4 is 17.1 Å². The molecule has 0 radical (unpaired) electrons. The zero-order chi connectivity index (χ0) is 44.0. The molecule has 0 amide bonds. The molecule has 0 heterocycles. The van der Waals surface area contributed by atoms with Gasteiger partial charge >= 0.3 is 0 Å². The molecule has 4 aromatic rings. The van der Waals surface area contributed by atoms with Gasteiger partial charge in [0.25, 0.3) is 0 Å². The Morgan fingerprint density at radius 1 is 0.591 bits per heavy atom. The predicted octanol–water partition coefficient (Wildman–Crippen LogP) is 15.9. The molecule has 8 atom stereocenters. The van der Waals surface area contributed by atoms with Crippen molar-refractivity contribution in [2.75, 3.05) is 9.80 Å². The van der Waals surface area contributed by atoms with Crippen LogP contribution in [0.25, 0.3) is 11.1 Å². The smallest absolute Gasteiger partial charge is 0.0559 e. The van der Waals surface area contributed by atoms with E-state index in [0.29, 0.717) is 35.5 Å². The topological polar surface area (TPSA) is 6.48 Å². The number of para-hydroxylation sites is 1. The maximum absolute atomic E-state index is 2.82. The van der Waals surface area contributed by atoms with E-state index in [2.05, 4.69) is 224 Å². The average molecular weight is 857 g/mol. The maximum Gasteiger partial charge on any atom is 0.0559 e. The van der Waals surface area contributed by atoms with Crippen LogP contribution in [0.2, 0.25) is 0 Å². The van der Waals surface area contributed by atoms with Crippen molar-refractivity contribution in [1.29, 1.82) is 0 Å². The van der Waals surface area contributed by atoms with Gasteiger partial charge in [0.1, 0.15) is 0 Å².